The van der Waals surface area contributed by atoms with E-state index in [-0.39, 0.29) is 17.9 Å². The van der Waals surface area contributed by atoms with Crippen molar-refractivity contribution in [1.29, 1.82) is 0 Å². The number of amides is 3. The van der Waals surface area contributed by atoms with E-state index in [9.17, 15) is 9.59 Å². The number of carbonyl (C=O) groups excluding carboxylic acids is 2. The van der Waals surface area contributed by atoms with E-state index in [1.165, 1.54) is 0 Å². The van der Waals surface area contributed by atoms with Crippen LogP contribution in [0.15, 0.2) is 30.5 Å². The number of hydrogen-bond donors (Lipinski definition) is 3. The summed E-state index contributed by atoms with van der Waals surface area (Å²) in [6.07, 6.45) is 3.52. The van der Waals surface area contributed by atoms with Crippen LogP contribution >= 0.6 is 0 Å². The molecule has 0 bridgehead atoms. The van der Waals surface area contributed by atoms with Crippen LogP contribution in [-0.2, 0) is 4.79 Å². The summed E-state index contributed by atoms with van der Waals surface area (Å²) in [5.41, 5.74) is 1.81. The number of aromatic amines is 1. The average molecular weight is 342 g/mol. The lowest BCUT2D eigenvalue weighted by Gasteiger charge is -2.32. The minimum atomic E-state index is -0.173. The molecule has 1 aromatic carbocycles. The summed E-state index contributed by atoms with van der Waals surface area (Å²) in [4.78, 5) is 29.8. The molecule has 3 rings (SSSR count). The molecule has 1 fully saturated rings. The number of anilines is 1. The molecule has 2 heterocycles. The Morgan fingerprint density at radius 2 is 2.16 bits per heavy atom. The molecule has 25 heavy (non-hydrogen) atoms. The van der Waals surface area contributed by atoms with E-state index in [1.54, 1.807) is 4.90 Å². The number of urea groups is 1. The van der Waals surface area contributed by atoms with Crippen LogP contribution in [-0.4, -0.2) is 41.5 Å². The van der Waals surface area contributed by atoms with Crippen LogP contribution in [0.3, 0.4) is 0 Å². The van der Waals surface area contributed by atoms with Gasteiger partial charge in [0.25, 0.3) is 0 Å². The molecular weight excluding hydrogens is 316 g/mol. The third-order valence-corrected chi connectivity index (χ3v) is 4.59. The second-order valence-electron chi connectivity index (χ2n) is 7.10. The highest BCUT2D eigenvalue weighted by molar-refractivity contribution is 6.02. The lowest BCUT2D eigenvalue weighted by Crippen LogP contribution is -2.48. The number of nitrogens with zero attached hydrogens (tertiary/aromatic N) is 1. The molecule has 134 valence electrons. The van der Waals surface area contributed by atoms with Gasteiger partial charge in [-0.2, -0.15) is 0 Å². The second-order valence-corrected chi connectivity index (χ2v) is 7.10. The van der Waals surface area contributed by atoms with Crippen LogP contribution in [0, 0.1) is 11.8 Å². The van der Waals surface area contributed by atoms with Crippen LogP contribution in [0.2, 0.25) is 0 Å². The van der Waals surface area contributed by atoms with Crippen LogP contribution in [0.1, 0.15) is 26.7 Å². The molecule has 1 atom stereocenters. The highest BCUT2D eigenvalue weighted by atomic mass is 16.2. The van der Waals surface area contributed by atoms with Gasteiger partial charge >= 0.3 is 6.03 Å². The molecule has 3 N–H and O–H groups in total. The van der Waals surface area contributed by atoms with Gasteiger partial charge in [-0.15, -0.1) is 0 Å². The lowest BCUT2D eigenvalue weighted by atomic mass is 9.97. The van der Waals surface area contributed by atoms with Crippen molar-refractivity contribution in [3.8, 4) is 0 Å². The van der Waals surface area contributed by atoms with Crippen molar-refractivity contribution in [3.05, 3.63) is 30.5 Å². The molecule has 3 amide bonds. The highest BCUT2D eigenvalue weighted by Crippen LogP contribution is 2.24. The highest BCUT2D eigenvalue weighted by Gasteiger charge is 2.28. The topological polar surface area (TPSA) is 77.2 Å². The summed E-state index contributed by atoms with van der Waals surface area (Å²) in [7, 11) is 0. The van der Waals surface area contributed by atoms with Crippen molar-refractivity contribution in [3.63, 3.8) is 0 Å². The fourth-order valence-electron chi connectivity index (χ4n) is 3.21. The summed E-state index contributed by atoms with van der Waals surface area (Å²) < 4.78 is 0. The molecule has 1 aliphatic rings. The summed E-state index contributed by atoms with van der Waals surface area (Å²) in [5.74, 6) is 0.220. The Bertz CT molecular complexity index is 753. The lowest BCUT2D eigenvalue weighted by molar-refractivity contribution is -0.121. The molecule has 1 aliphatic heterocycles. The zero-order valence-corrected chi connectivity index (χ0v) is 14.8. The van der Waals surface area contributed by atoms with Gasteiger partial charge in [-0.3, -0.25) is 4.79 Å². The van der Waals surface area contributed by atoms with Crippen LogP contribution in [0.5, 0.6) is 0 Å². The number of nitrogens with one attached hydrogen (secondary N) is 3. The van der Waals surface area contributed by atoms with E-state index in [1.807, 2.05) is 30.5 Å². The van der Waals surface area contributed by atoms with E-state index >= 15 is 0 Å². The number of fused-ring (bicyclic) bond motifs is 1. The first-order chi connectivity index (χ1) is 12.0. The monoisotopic (exact) mass is 342 g/mol. The van der Waals surface area contributed by atoms with Crippen molar-refractivity contribution in [1.82, 2.24) is 15.2 Å². The number of likely N-dealkylation sites (tertiary alicyclic amines) is 1. The first-order valence-corrected chi connectivity index (χ1v) is 8.94. The molecule has 0 unspecified atom stereocenters. The Morgan fingerprint density at radius 1 is 1.32 bits per heavy atom. The first kappa shape index (κ1) is 17.3. The Morgan fingerprint density at radius 3 is 2.96 bits per heavy atom. The number of hydrogen-bond acceptors (Lipinski definition) is 2. The number of piperidine rings is 1. The van der Waals surface area contributed by atoms with Crippen molar-refractivity contribution >= 4 is 28.5 Å². The quantitative estimate of drug-likeness (QED) is 0.798. The van der Waals surface area contributed by atoms with E-state index in [4.69, 9.17) is 0 Å². The van der Waals surface area contributed by atoms with Gasteiger partial charge in [0.1, 0.15) is 0 Å². The normalized spacial score (nSPS) is 17.7. The third kappa shape index (κ3) is 4.13. The van der Waals surface area contributed by atoms with Crippen molar-refractivity contribution < 1.29 is 9.59 Å². The van der Waals surface area contributed by atoms with Gasteiger partial charge in [-0.05, 0) is 37.0 Å². The van der Waals surface area contributed by atoms with Gasteiger partial charge in [-0.25, -0.2) is 4.79 Å². The van der Waals surface area contributed by atoms with E-state index in [2.05, 4.69) is 29.5 Å². The van der Waals surface area contributed by atoms with Gasteiger partial charge < -0.3 is 20.5 Å². The minimum Gasteiger partial charge on any atom is -0.361 e. The van der Waals surface area contributed by atoms with Crippen LogP contribution in [0.4, 0.5) is 10.5 Å². The Balaban J connectivity index is 1.62. The zero-order valence-electron chi connectivity index (χ0n) is 14.8. The van der Waals surface area contributed by atoms with Gasteiger partial charge in [0.05, 0.1) is 11.6 Å². The number of benzene rings is 1. The van der Waals surface area contributed by atoms with E-state index < -0.39 is 0 Å². The SMILES string of the molecule is CC(C)CNC(=O)N1CCC[C@@H](C(=O)Nc2cccc3[nH]ccc23)C1. The molecule has 1 saturated heterocycles. The van der Waals surface area contributed by atoms with Crippen molar-refractivity contribution in [2.45, 2.75) is 26.7 Å². The maximum atomic E-state index is 12.7. The molecule has 1 aromatic heterocycles. The Hall–Kier alpha value is -2.50. The molecule has 0 saturated carbocycles. The van der Waals surface area contributed by atoms with Gasteiger partial charge in [0.15, 0.2) is 0 Å². The standard InChI is InChI=1S/C19H26N4O2/c1-13(2)11-21-19(25)23-10-4-5-14(12-23)18(24)22-17-7-3-6-16-15(17)8-9-20-16/h3,6-9,13-14,20H,4-5,10-12H2,1-2H3,(H,21,25)(H,22,24)/t14-/m1/s1. The van der Waals surface area contributed by atoms with Crippen LogP contribution < -0.4 is 10.6 Å². The summed E-state index contributed by atoms with van der Waals surface area (Å²) in [6, 6.07) is 7.69. The third-order valence-electron chi connectivity index (χ3n) is 4.59. The zero-order chi connectivity index (χ0) is 17.8. The predicted octanol–water partition coefficient (Wildman–Crippen LogP) is 3.18. The molecule has 2 aromatic rings. The molecular formula is C19H26N4O2. The molecule has 6 heteroatoms. The molecule has 6 nitrogen and oxygen atoms in total. The minimum absolute atomic E-state index is 0.0185. The second kappa shape index (κ2) is 7.59. The maximum absolute atomic E-state index is 12.7. The number of H-pyrrole nitrogens is 1. The Kier molecular flexibility index (Phi) is 5.26. The van der Waals surface area contributed by atoms with Crippen molar-refractivity contribution in [2.24, 2.45) is 11.8 Å². The number of aromatic nitrogens is 1. The summed E-state index contributed by atoms with van der Waals surface area (Å²) >= 11 is 0. The average Bonchev–Trinajstić information content (AvgIpc) is 3.09. The van der Waals surface area contributed by atoms with Gasteiger partial charge in [-0.1, -0.05) is 19.9 Å². The number of carbonyl (C=O) groups is 2. The van der Waals surface area contributed by atoms with Crippen molar-refractivity contribution in [2.75, 3.05) is 25.0 Å². The van der Waals surface area contributed by atoms with Crippen LogP contribution in [0.25, 0.3) is 10.9 Å². The first-order valence-electron chi connectivity index (χ1n) is 8.94. The Labute approximate surface area is 148 Å². The van der Waals surface area contributed by atoms with E-state index in [0.29, 0.717) is 25.6 Å². The summed E-state index contributed by atoms with van der Waals surface area (Å²) in [6.45, 7) is 5.96. The van der Waals surface area contributed by atoms with Gasteiger partial charge in [0.2, 0.25) is 5.91 Å². The maximum Gasteiger partial charge on any atom is 0.317 e. The van der Waals surface area contributed by atoms with E-state index in [0.717, 1.165) is 29.4 Å². The molecule has 0 radical (unpaired) electrons. The smallest absolute Gasteiger partial charge is 0.317 e. The fraction of sp³-hybridized carbons (Fsp3) is 0.474. The molecule has 0 aliphatic carbocycles. The van der Waals surface area contributed by atoms with Gasteiger partial charge in [0, 0.05) is 36.7 Å². The largest absolute Gasteiger partial charge is 0.361 e. The fourth-order valence-corrected chi connectivity index (χ4v) is 3.21. The molecule has 0 spiro atoms. The predicted molar refractivity (Wildman–Crippen MR) is 99.5 cm³/mol. The number of rotatable bonds is 4. The summed E-state index contributed by atoms with van der Waals surface area (Å²) in [5, 5.41) is 6.96.